The van der Waals surface area contributed by atoms with Gasteiger partial charge in [0.2, 0.25) is 0 Å². The van der Waals surface area contributed by atoms with Crippen molar-refractivity contribution in [2.75, 3.05) is 6.61 Å². The van der Waals surface area contributed by atoms with Crippen LogP contribution in [-0.2, 0) is 14.3 Å². The molecule has 2 aromatic carbocycles. The molecule has 130 valence electrons. The lowest BCUT2D eigenvalue weighted by atomic mass is 9.79. The van der Waals surface area contributed by atoms with Gasteiger partial charge in [-0.25, -0.2) is 0 Å². The first-order valence-electron chi connectivity index (χ1n) is 8.73. The molecule has 1 heterocycles. The SMILES string of the molecule is CCOC(=O)C[C@@H]1C(=O)C[C@H](c2ccccc2)N[C@@H]1c1ccccc1. The molecule has 3 rings (SSSR count). The molecule has 4 nitrogen and oxygen atoms in total. The molecule has 0 aromatic heterocycles. The van der Waals surface area contributed by atoms with Crippen molar-refractivity contribution in [2.45, 2.75) is 31.8 Å². The molecule has 0 bridgehead atoms. The summed E-state index contributed by atoms with van der Waals surface area (Å²) in [5.41, 5.74) is 2.11. The van der Waals surface area contributed by atoms with Crippen LogP contribution in [0.4, 0.5) is 0 Å². The number of carbonyl (C=O) groups is 2. The summed E-state index contributed by atoms with van der Waals surface area (Å²) in [5.74, 6) is -0.613. The van der Waals surface area contributed by atoms with Gasteiger partial charge in [0, 0.05) is 24.4 Å². The highest BCUT2D eigenvalue weighted by Gasteiger charge is 2.38. The van der Waals surface area contributed by atoms with E-state index < -0.39 is 5.92 Å². The number of nitrogens with one attached hydrogen (secondary N) is 1. The van der Waals surface area contributed by atoms with Crippen LogP contribution >= 0.6 is 0 Å². The summed E-state index contributed by atoms with van der Waals surface area (Å²) in [5, 5.41) is 3.59. The van der Waals surface area contributed by atoms with Gasteiger partial charge in [-0.2, -0.15) is 0 Å². The minimum Gasteiger partial charge on any atom is -0.466 e. The maximum atomic E-state index is 12.9. The molecule has 4 heteroatoms. The topological polar surface area (TPSA) is 55.4 Å². The van der Waals surface area contributed by atoms with Gasteiger partial charge in [0.1, 0.15) is 5.78 Å². The van der Waals surface area contributed by atoms with E-state index in [0.717, 1.165) is 11.1 Å². The second kappa shape index (κ2) is 8.08. The first-order valence-corrected chi connectivity index (χ1v) is 8.73. The predicted octanol–water partition coefficient (Wildman–Crippen LogP) is 3.60. The van der Waals surface area contributed by atoms with E-state index in [2.05, 4.69) is 5.32 Å². The number of hydrogen-bond donors (Lipinski definition) is 1. The molecular weight excluding hydrogens is 314 g/mol. The molecule has 3 atom stereocenters. The largest absolute Gasteiger partial charge is 0.466 e. The van der Waals surface area contributed by atoms with Gasteiger partial charge in [0.05, 0.1) is 13.0 Å². The van der Waals surface area contributed by atoms with E-state index in [4.69, 9.17) is 4.74 Å². The molecule has 1 saturated heterocycles. The zero-order chi connectivity index (χ0) is 17.6. The van der Waals surface area contributed by atoms with Crippen molar-refractivity contribution < 1.29 is 14.3 Å². The van der Waals surface area contributed by atoms with Gasteiger partial charge in [-0.15, -0.1) is 0 Å². The lowest BCUT2D eigenvalue weighted by Crippen LogP contribution is -2.43. The van der Waals surface area contributed by atoms with E-state index >= 15 is 0 Å². The average Bonchev–Trinajstić information content (AvgIpc) is 2.65. The molecular formula is C21H23NO3. The predicted molar refractivity (Wildman–Crippen MR) is 95.9 cm³/mol. The third-order valence-corrected chi connectivity index (χ3v) is 4.65. The highest BCUT2D eigenvalue weighted by Crippen LogP contribution is 2.36. The number of piperidine rings is 1. The van der Waals surface area contributed by atoms with Gasteiger partial charge in [-0.3, -0.25) is 9.59 Å². The smallest absolute Gasteiger partial charge is 0.306 e. The lowest BCUT2D eigenvalue weighted by molar-refractivity contribution is -0.147. The van der Waals surface area contributed by atoms with Gasteiger partial charge >= 0.3 is 5.97 Å². The Morgan fingerprint density at radius 1 is 1.04 bits per heavy atom. The van der Waals surface area contributed by atoms with E-state index in [-0.39, 0.29) is 30.3 Å². The molecule has 1 aliphatic rings. The van der Waals surface area contributed by atoms with Gasteiger partial charge < -0.3 is 10.1 Å². The number of ketones is 1. The Morgan fingerprint density at radius 2 is 1.64 bits per heavy atom. The molecule has 0 radical (unpaired) electrons. The molecule has 0 saturated carbocycles. The van der Waals surface area contributed by atoms with Gasteiger partial charge in [-0.1, -0.05) is 60.7 Å². The fraction of sp³-hybridized carbons (Fsp3) is 0.333. The first-order chi connectivity index (χ1) is 12.2. The highest BCUT2D eigenvalue weighted by atomic mass is 16.5. The van der Waals surface area contributed by atoms with E-state index in [9.17, 15) is 9.59 Å². The normalized spacial score (nSPS) is 23.2. The molecule has 1 fully saturated rings. The van der Waals surface area contributed by atoms with Gasteiger partial charge in [-0.05, 0) is 18.1 Å². The number of rotatable bonds is 5. The first kappa shape index (κ1) is 17.4. The van der Waals surface area contributed by atoms with Crippen LogP contribution < -0.4 is 5.32 Å². The number of benzene rings is 2. The van der Waals surface area contributed by atoms with Crippen LogP contribution in [0.15, 0.2) is 60.7 Å². The zero-order valence-electron chi connectivity index (χ0n) is 14.4. The van der Waals surface area contributed by atoms with E-state index in [1.165, 1.54) is 0 Å². The summed E-state index contributed by atoms with van der Waals surface area (Å²) in [4.78, 5) is 24.8. The molecule has 2 aromatic rings. The van der Waals surface area contributed by atoms with E-state index in [1.807, 2.05) is 60.7 Å². The number of carbonyl (C=O) groups excluding carboxylic acids is 2. The Balaban J connectivity index is 1.87. The van der Waals surface area contributed by atoms with Gasteiger partial charge in [0.25, 0.3) is 0 Å². The molecule has 1 aliphatic heterocycles. The summed E-state index contributed by atoms with van der Waals surface area (Å²) >= 11 is 0. The second-order valence-corrected chi connectivity index (χ2v) is 6.30. The van der Waals surface area contributed by atoms with Crippen molar-refractivity contribution in [2.24, 2.45) is 5.92 Å². The van der Waals surface area contributed by atoms with Crippen LogP contribution in [-0.4, -0.2) is 18.4 Å². The summed E-state index contributed by atoms with van der Waals surface area (Å²) in [6.45, 7) is 2.11. The number of ether oxygens (including phenoxy) is 1. The summed E-state index contributed by atoms with van der Waals surface area (Å²) < 4.78 is 5.07. The number of Topliss-reactive ketones (excluding diaryl/α,β-unsaturated/α-hetero) is 1. The second-order valence-electron chi connectivity index (χ2n) is 6.30. The van der Waals surface area contributed by atoms with Crippen molar-refractivity contribution >= 4 is 11.8 Å². The standard InChI is InChI=1S/C21H23NO3/c1-2-25-20(24)13-17-19(23)14-18(15-9-5-3-6-10-15)22-21(17)16-11-7-4-8-12-16/h3-12,17-18,21-22H,2,13-14H2,1H3/t17-,18-,21-/m1/s1. The fourth-order valence-electron chi connectivity index (χ4n) is 3.45. The minimum absolute atomic E-state index is 0.0441. The average molecular weight is 337 g/mol. The highest BCUT2D eigenvalue weighted by molar-refractivity contribution is 5.87. The quantitative estimate of drug-likeness (QED) is 0.847. The Labute approximate surface area is 148 Å². The lowest BCUT2D eigenvalue weighted by Gasteiger charge is -2.36. The summed E-state index contributed by atoms with van der Waals surface area (Å²) in [6.07, 6.45) is 0.498. The van der Waals surface area contributed by atoms with Crippen LogP contribution in [0.1, 0.15) is 43.0 Å². The van der Waals surface area contributed by atoms with Crippen molar-refractivity contribution in [3.63, 3.8) is 0 Å². The Hall–Kier alpha value is -2.46. The monoisotopic (exact) mass is 337 g/mol. The zero-order valence-corrected chi connectivity index (χ0v) is 14.4. The molecule has 1 N–H and O–H groups in total. The molecule has 0 spiro atoms. The van der Waals surface area contributed by atoms with Gasteiger partial charge in [0.15, 0.2) is 0 Å². The Kier molecular flexibility index (Phi) is 5.61. The number of hydrogen-bond acceptors (Lipinski definition) is 4. The summed E-state index contributed by atoms with van der Waals surface area (Å²) in [7, 11) is 0. The van der Waals surface area contributed by atoms with Crippen molar-refractivity contribution in [1.29, 1.82) is 0 Å². The Morgan fingerprint density at radius 3 is 2.24 bits per heavy atom. The van der Waals surface area contributed by atoms with E-state index in [1.54, 1.807) is 6.92 Å². The maximum Gasteiger partial charge on any atom is 0.306 e. The molecule has 25 heavy (non-hydrogen) atoms. The minimum atomic E-state index is -0.401. The molecule has 0 aliphatic carbocycles. The van der Waals surface area contributed by atoms with E-state index in [0.29, 0.717) is 13.0 Å². The molecule has 0 amide bonds. The van der Waals surface area contributed by atoms with Crippen LogP contribution in [0, 0.1) is 5.92 Å². The number of esters is 1. The van der Waals surface area contributed by atoms with Crippen LogP contribution in [0.5, 0.6) is 0 Å². The summed E-state index contributed by atoms with van der Waals surface area (Å²) in [6, 6.07) is 19.6. The van der Waals surface area contributed by atoms with Crippen molar-refractivity contribution in [1.82, 2.24) is 5.32 Å². The fourth-order valence-corrected chi connectivity index (χ4v) is 3.45. The third-order valence-electron chi connectivity index (χ3n) is 4.65. The van der Waals surface area contributed by atoms with Crippen LogP contribution in [0.2, 0.25) is 0 Å². The van der Waals surface area contributed by atoms with Crippen LogP contribution in [0.3, 0.4) is 0 Å². The third kappa shape index (κ3) is 4.15. The van der Waals surface area contributed by atoms with Crippen molar-refractivity contribution in [3.8, 4) is 0 Å². The van der Waals surface area contributed by atoms with Crippen LogP contribution in [0.25, 0.3) is 0 Å². The van der Waals surface area contributed by atoms with Crippen molar-refractivity contribution in [3.05, 3.63) is 71.8 Å². The Bertz CT molecular complexity index is 714. The maximum absolute atomic E-state index is 12.9. The molecule has 0 unspecified atom stereocenters.